The van der Waals surface area contributed by atoms with E-state index in [4.69, 9.17) is 4.11 Å². The van der Waals surface area contributed by atoms with E-state index in [1.165, 1.54) is 27.9 Å². The van der Waals surface area contributed by atoms with Gasteiger partial charge in [0.25, 0.3) is 0 Å². The van der Waals surface area contributed by atoms with Crippen LogP contribution in [0, 0.1) is 0 Å². The Morgan fingerprint density at radius 2 is 1.41 bits per heavy atom. The van der Waals surface area contributed by atoms with Crippen LogP contribution < -0.4 is 4.90 Å². The predicted octanol–water partition coefficient (Wildman–Crippen LogP) is 8.60. The molecule has 4 aromatic carbocycles. The van der Waals surface area contributed by atoms with Crippen LogP contribution in [0.25, 0.3) is 22.3 Å². The van der Waals surface area contributed by atoms with Crippen LogP contribution in [0.15, 0.2) is 97.0 Å². The lowest BCUT2D eigenvalue weighted by Gasteiger charge is -2.41. The van der Waals surface area contributed by atoms with Crippen LogP contribution in [0.5, 0.6) is 0 Å². The second kappa shape index (κ2) is 7.38. The minimum absolute atomic E-state index is 0.0390. The van der Waals surface area contributed by atoms with Crippen molar-refractivity contribution in [2.24, 2.45) is 0 Å². The van der Waals surface area contributed by atoms with Gasteiger partial charge in [-0.3, -0.25) is 0 Å². The zero-order valence-electron chi connectivity index (χ0n) is 22.5. The molecule has 1 nitrogen and oxygen atoms in total. The van der Waals surface area contributed by atoms with Gasteiger partial charge in [-0.2, -0.15) is 0 Å². The van der Waals surface area contributed by atoms with Crippen molar-refractivity contribution >= 4 is 11.4 Å². The van der Waals surface area contributed by atoms with Crippen LogP contribution in [-0.2, 0) is 5.41 Å². The first-order valence-corrected chi connectivity index (χ1v) is 11.2. The standard InChI is InChI=1S/C31H31N/c1-30(2,3)32(24-16-11-15-23(21-24)22-13-7-6-8-14-22)28-20-12-18-26-25-17-9-10-19-27(25)31(4,5)29(26)28/h6-21H,1-5H3/i6D,7D,8D. The van der Waals surface area contributed by atoms with Crippen molar-refractivity contribution in [1.82, 2.24) is 0 Å². The van der Waals surface area contributed by atoms with Crippen LogP contribution in [0.2, 0.25) is 0 Å². The highest BCUT2D eigenvalue weighted by molar-refractivity contribution is 5.88. The maximum Gasteiger partial charge on any atom is 0.0623 e. The summed E-state index contributed by atoms with van der Waals surface area (Å²) in [6.07, 6.45) is 0. The molecule has 0 spiro atoms. The third-order valence-corrected chi connectivity index (χ3v) is 6.51. The molecule has 32 heavy (non-hydrogen) atoms. The molecule has 0 heterocycles. The van der Waals surface area contributed by atoms with Crippen molar-refractivity contribution in [1.29, 1.82) is 0 Å². The summed E-state index contributed by atoms with van der Waals surface area (Å²) in [7, 11) is 0. The Morgan fingerprint density at radius 3 is 2.16 bits per heavy atom. The van der Waals surface area contributed by atoms with Gasteiger partial charge in [-0.15, -0.1) is 0 Å². The zero-order valence-corrected chi connectivity index (χ0v) is 19.5. The fraction of sp³-hybridized carbons (Fsp3) is 0.226. The largest absolute Gasteiger partial charge is 0.336 e. The first kappa shape index (κ1) is 17.3. The van der Waals surface area contributed by atoms with Crippen LogP contribution >= 0.6 is 0 Å². The van der Waals surface area contributed by atoms with Crippen molar-refractivity contribution in [3.05, 3.63) is 108 Å². The summed E-state index contributed by atoms with van der Waals surface area (Å²) < 4.78 is 24.1. The summed E-state index contributed by atoms with van der Waals surface area (Å²) in [5.74, 6) is 0. The molecule has 0 N–H and O–H groups in total. The maximum atomic E-state index is 8.10. The van der Waals surface area contributed by atoms with Crippen molar-refractivity contribution in [3.63, 3.8) is 0 Å². The molecule has 0 fully saturated rings. The van der Waals surface area contributed by atoms with Gasteiger partial charge in [0.05, 0.1) is 4.11 Å². The van der Waals surface area contributed by atoms with E-state index < -0.39 is 0 Å². The van der Waals surface area contributed by atoms with Gasteiger partial charge in [0, 0.05) is 22.3 Å². The molecule has 0 aromatic heterocycles. The number of hydrogen-bond donors (Lipinski definition) is 0. The first-order valence-electron chi connectivity index (χ1n) is 12.7. The van der Waals surface area contributed by atoms with Crippen LogP contribution in [0.4, 0.5) is 11.4 Å². The van der Waals surface area contributed by atoms with E-state index >= 15 is 0 Å². The molecule has 1 heteroatoms. The Balaban J connectivity index is 1.70. The molecular formula is C31H31N. The Labute approximate surface area is 196 Å². The van der Waals surface area contributed by atoms with Crippen LogP contribution in [-0.4, -0.2) is 5.54 Å². The molecule has 0 unspecified atom stereocenters. The second-order valence-corrected chi connectivity index (χ2v) is 10.1. The summed E-state index contributed by atoms with van der Waals surface area (Å²) >= 11 is 0. The molecule has 5 rings (SSSR count). The third kappa shape index (κ3) is 3.24. The second-order valence-electron chi connectivity index (χ2n) is 10.1. The van der Waals surface area contributed by atoms with E-state index in [-0.39, 0.29) is 29.1 Å². The minimum atomic E-state index is -0.204. The SMILES string of the molecule is [2H]c1cc(-c2cccc(N(c3cccc4c3C(C)(C)c3ccccc3-4)C(C)(C)C)c2)cc([2H])c1[2H]. The monoisotopic (exact) mass is 420 g/mol. The van der Waals surface area contributed by atoms with Gasteiger partial charge in [0.15, 0.2) is 0 Å². The van der Waals surface area contributed by atoms with E-state index in [1.807, 2.05) is 12.1 Å². The summed E-state index contributed by atoms with van der Waals surface area (Å²) in [4.78, 5) is 2.41. The number of nitrogens with zero attached hydrogens (tertiary/aromatic N) is 1. The molecule has 0 radical (unpaired) electrons. The molecule has 0 saturated carbocycles. The lowest BCUT2D eigenvalue weighted by molar-refractivity contribution is 0.553. The van der Waals surface area contributed by atoms with Crippen molar-refractivity contribution in [2.45, 2.75) is 45.6 Å². The predicted molar refractivity (Wildman–Crippen MR) is 138 cm³/mol. The lowest BCUT2D eigenvalue weighted by Crippen LogP contribution is -2.39. The highest BCUT2D eigenvalue weighted by Gasteiger charge is 2.39. The van der Waals surface area contributed by atoms with E-state index in [9.17, 15) is 0 Å². The lowest BCUT2D eigenvalue weighted by atomic mass is 9.81. The molecule has 160 valence electrons. The Morgan fingerprint density at radius 1 is 0.719 bits per heavy atom. The van der Waals surface area contributed by atoms with Gasteiger partial charge < -0.3 is 4.90 Å². The summed E-state index contributed by atoms with van der Waals surface area (Å²) in [6.45, 7) is 11.3. The van der Waals surface area contributed by atoms with Crippen LogP contribution in [0.3, 0.4) is 0 Å². The molecule has 0 amide bonds. The third-order valence-electron chi connectivity index (χ3n) is 6.51. The summed E-state index contributed by atoms with van der Waals surface area (Å²) in [6, 6.07) is 27.1. The van der Waals surface area contributed by atoms with Crippen molar-refractivity contribution in [3.8, 4) is 22.3 Å². The Hall–Kier alpha value is -3.32. The fourth-order valence-electron chi connectivity index (χ4n) is 5.20. The normalized spacial score (nSPS) is 15.3. The maximum absolute atomic E-state index is 8.10. The minimum Gasteiger partial charge on any atom is -0.336 e. The molecule has 0 saturated heterocycles. The Kier molecular flexibility index (Phi) is 3.98. The highest BCUT2D eigenvalue weighted by Crippen LogP contribution is 2.53. The molecule has 1 aliphatic rings. The molecule has 4 aromatic rings. The quantitative estimate of drug-likeness (QED) is 0.321. The number of benzene rings is 4. The van der Waals surface area contributed by atoms with Crippen LogP contribution in [0.1, 0.15) is 49.9 Å². The fourth-order valence-corrected chi connectivity index (χ4v) is 5.20. The van der Waals surface area contributed by atoms with Crippen molar-refractivity contribution in [2.75, 3.05) is 4.90 Å². The van der Waals surface area contributed by atoms with Gasteiger partial charge >= 0.3 is 0 Å². The summed E-state index contributed by atoms with van der Waals surface area (Å²) in [5.41, 5.74) is 8.93. The number of rotatable bonds is 3. The van der Waals surface area contributed by atoms with Gasteiger partial charge in [-0.05, 0) is 72.4 Å². The molecule has 0 aliphatic heterocycles. The molecule has 0 atom stereocenters. The van der Waals surface area contributed by atoms with Gasteiger partial charge in [-0.1, -0.05) is 92.6 Å². The highest BCUT2D eigenvalue weighted by atomic mass is 15.2. The Bertz CT molecular complexity index is 1420. The molecule has 0 bridgehead atoms. The zero-order chi connectivity index (χ0) is 25.1. The number of hydrogen-bond acceptors (Lipinski definition) is 1. The van der Waals surface area contributed by atoms with E-state index in [0.29, 0.717) is 0 Å². The topological polar surface area (TPSA) is 3.24 Å². The van der Waals surface area contributed by atoms with Crippen molar-refractivity contribution < 1.29 is 4.11 Å². The number of anilines is 2. The van der Waals surface area contributed by atoms with Gasteiger partial charge in [-0.25, -0.2) is 0 Å². The molecular weight excluding hydrogens is 386 g/mol. The smallest absolute Gasteiger partial charge is 0.0623 e. The molecule has 1 aliphatic carbocycles. The van der Waals surface area contributed by atoms with E-state index in [1.54, 1.807) is 12.1 Å². The summed E-state index contributed by atoms with van der Waals surface area (Å²) in [5, 5.41) is 0. The average molecular weight is 421 g/mol. The number of fused-ring (bicyclic) bond motifs is 3. The first-order chi connectivity index (χ1) is 16.5. The van der Waals surface area contributed by atoms with Gasteiger partial charge in [0.2, 0.25) is 0 Å². The van der Waals surface area contributed by atoms with E-state index in [2.05, 4.69) is 94.1 Å². The van der Waals surface area contributed by atoms with Gasteiger partial charge in [0.1, 0.15) is 0 Å². The van der Waals surface area contributed by atoms with E-state index in [0.717, 1.165) is 16.8 Å². The average Bonchev–Trinajstić information content (AvgIpc) is 3.04.